The highest BCUT2D eigenvalue weighted by molar-refractivity contribution is 5.79. The van der Waals surface area contributed by atoms with Gasteiger partial charge in [-0.2, -0.15) is 0 Å². The minimum absolute atomic E-state index is 0.0590. The maximum atomic E-state index is 11.0. The van der Waals surface area contributed by atoms with Gasteiger partial charge in [0.2, 0.25) is 0 Å². The van der Waals surface area contributed by atoms with Crippen molar-refractivity contribution in [3.8, 4) is 0 Å². The Morgan fingerprint density at radius 3 is 2.41 bits per heavy atom. The first-order chi connectivity index (χ1) is 7.93. The lowest BCUT2D eigenvalue weighted by Crippen LogP contribution is -2.38. The first kappa shape index (κ1) is 15.6. The first-order valence-corrected chi connectivity index (χ1v) is 4.90. The monoisotopic (exact) mass is 252 g/mol. The van der Waals surface area contributed by atoms with Crippen molar-refractivity contribution < 1.29 is 34.7 Å². The van der Waals surface area contributed by atoms with Crippen LogP contribution in [0.4, 0.5) is 4.79 Å². The third-order valence-electron chi connectivity index (χ3n) is 1.68. The number of hydrogen-bond donors (Lipinski definition) is 4. The van der Waals surface area contributed by atoms with E-state index in [4.69, 9.17) is 15.5 Å². The van der Waals surface area contributed by atoms with Gasteiger partial charge in [-0.05, 0) is 19.8 Å². The number of alkyl carbamates (subject to hydrolysis) is 1. The highest BCUT2D eigenvalue weighted by Gasteiger charge is 2.14. The van der Waals surface area contributed by atoms with Crippen LogP contribution in [-0.4, -0.2) is 52.2 Å². The Balaban J connectivity index is 3.43. The lowest BCUT2D eigenvalue weighted by Gasteiger charge is -2.10. The Bertz CT molecular complexity index is 246. The van der Waals surface area contributed by atoms with Gasteiger partial charge in [0.1, 0.15) is 6.04 Å². The van der Waals surface area contributed by atoms with Gasteiger partial charge in [0.25, 0.3) is 0 Å². The number of aliphatic carboxylic acids is 1. The molecule has 9 nitrogen and oxygen atoms in total. The van der Waals surface area contributed by atoms with Crippen LogP contribution in [0.25, 0.3) is 0 Å². The van der Waals surface area contributed by atoms with Gasteiger partial charge < -0.3 is 15.2 Å². The topological polar surface area (TPSA) is 129 Å². The average Bonchev–Trinajstić information content (AvgIpc) is 2.22. The van der Waals surface area contributed by atoms with E-state index in [9.17, 15) is 9.59 Å². The van der Waals surface area contributed by atoms with Crippen LogP contribution in [0.2, 0.25) is 0 Å². The molecule has 0 radical (unpaired) electrons. The number of rotatable bonds is 8. The highest BCUT2D eigenvalue weighted by Crippen LogP contribution is 1.93. The molecule has 0 aliphatic rings. The van der Waals surface area contributed by atoms with Gasteiger partial charge in [-0.25, -0.2) is 4.79 Å². The van der Waals surface area contributed by atoms with Crippen LogP contribution in [0, 0.1) is 0 Å². The maximum absolute atomic E-state index is 11.0. The molecule has 0 aliphatic heterocycles. The van der Waals surface area contributed by atoms with Crippen molar-refractivity contribution in [3.63, 3.8) is 0 Å². The molecule has 0 heterocycles. The zero-order valence-electron chi connectivity index (χ0n) is 9.33. The molecule has 1 atom stereocenters. The largest absolute Gasteiger partial charge is 0.480 e. The van der Waals surface area contributed by atoms with Gasteiger partial charge in [-0.3, -0.25) is 20.0 Å². The Morgan fingerprint density at radius 2 is 1.88 bits per heavy atom. The number of carbonyl (C=O) groups is 2. The van der Waals surface area contributed by atoms with Crippen molar-refractivity contribution >= 4 is 12.1 Å². The van der Waals surface area contributed by atoms with Crippen LogP contribution < -0.4 is 5.32 Å². The SMILES string of the molecule is CC(NC(=O)OCCCCON(O)O)C(=O)O. The average molecular weight is 252 g/mol. The molecule has 17 heavy (non-hydrogen) atoms. The lowest BCUT2D eigenvalue weighted by molar-refractivity contribution is -0.492. The summed E-state index contributed by atoms with van der Waals surface area (Å²) in [6, 6.07) is -1.01. The summed E-state index contributed by atoms with van der Waals surface area (Å²) in [5.41, 5.74) is 0. The van der Waals surface area contributed by atoms with Crippen molar-refractivity contribution in [1.82, 2.24) is 10.7 Å². The molecule has 0 saturated heterocycles. The van der Waals surface area contributed by atoms with Gasteiger partial charge >= 0.3 is 12.1 Å². The molecule has 1 amide bonds. The number of carboxylic acid groups (broad SMARTS) is 1. The van der Waals surface area contributed by atoms with Crippen molar-refractivity contribution in [2.75, 3.05) is 13.2 Å². The minimum atomic E-state index is -1.15. The Labute approximate surface area is 97.4 Å². The fourth-order valence-corrected chi connectivity index (χ4v) is 0.795. The smallest absolute Gasteiger partial charge is 0.407 e. The summed E-state index contributed by atoms with van der Waals surface area (Å²) >= 11 is 0. The summed E-state index contributed by atoms with van der Waals surface area (Å²) in [5, 5.41) is 26.5. The van der Waals surface area contributed by atoms with Crippen molar-refractivity contribution in [2.45, 2.75) is 25.8 Å². The van der Waals surface area contributed by atoms with E-state index >= 15 is 0 Å². The van der Waals surface area contributed by atoms with E-state index in [0.29, 0.717) is 12.8 Å². The van der Waals surface area contributed by atoms with Crippen LogP contribution in [0.5, 0.6) is 0 Å². The standard InChI is InChI=1S/C8H16N2O7/c1-6(7(11)12)9-8(13)16-4-2-3-5-17-10(14)15/h6,14-15H,2-5H2,1H3,(H,9,13)(H,11,12). The van der Waals surface area contributed by atoms with Crippen molar-refractivity contribution in [2.24, 2.45) is 0 Å². The minimum Gasteiger partial charge on any atom is -0.480 e. The van der Waals surface area contributed by atoms with E-state index in [1.54, 1.807) is 0 Å². The second-order valence-electron chi connectivity index (χ2n) is 3.13. The molecular weight excluding hydrogens is 236 g/mol. The number of carbonyl (C=O) groups excluding carboxylic acids is 1. The van der Waals surface area contributed by atoms with Gasteiger partial charge in [0.05, 0.1) is 18.6 Å². The fourth-order valence-electron chi connectivity index (χ4n) is 0.795. The third-order valence-corrected chi connectivity index (χ3v) is 1.68. The predicted molar refractivity (Wildman–Crippen MR) is 52.2 cm³/mol. The van der Waals surface area contributed by atoms with Gasteiger partial charge in [0, 0.05) is 0 Å². The quantitative estimate of drug-likeness (QED) is 0.350. The molecule has 0 saturated carbocycles. The van der Waals surface area contributed by atoms with E-state index in [1.165, 1.54) is 6.92 Å². The predicted octanol–water partition coefficient (Wildman–Crippen LogP) is -0.0221. The maximum Gasteiger partial charge on any atom is 0.407 e. The number of nitrogens with zero attached hydrogens (tertiary/aromatic N) is 1. The molecule has 100 valence electrons. The zero-order chi connectivity index (χ0) is 13.3. The van der Waals surface area contributed by atoms with Crippen LogP contribution in [0.3, 0.4) is 0 Å². The normalized spacial score (nSPS) is 12.2. The van der Waals surface area contributed by atoms with Crippen LogP contribution in [0.15, 0.2) is 0 Å². The number of carboxylic acids is 1. The summed E-state index contributed by atoms with van der Waals surface area (Å²) in [6.45, 7) is 1.45. The number of nitrogens with one attached hydrogen (secondary N) is 1. The van der Waals surface area contributed by atoms with E-state index in [1.807, 2.05) is 0 Å². The molecule has 9 heteroatoms. The molecule has 0 bridgehead atoms. The summed E-state index contributed by atoms with van der Waals surface area (Å²) in [4.78, 5) is 25.6. The second kappa shape index (κ2) is 8.70. The van der Waals surface area contributed by atoms with Crippen LogP contribution in [0.1, 0.15) is 19.8 Å². The van der Waals surface area contributed by atoms with Gasteiger partial charge in [0.15, 0.2) is 0 Å². The molecule has 0 aromatic rings. The first-order valence-electron chi connectivity index (χ1n) is 4.90. The van der Waals surface area contributed by atoms with Crippen LogP contribution in [-0.2, 0) is 14.4 Å². The Morgan fingerprint density at radius 1 is 1.29 bits per heavy atom. The van der Waals surface area contributed by atoms with Crippen LogP contribution >= 0.6 is 0 Å². The number of amides is 1. The molecule has 4 N–H and O–H groups in total. The highest BCUT2D eigenvalue weighted by atomic mass is 17.1. The van der Waals surface area contributed by atoms with Gasteiger partial charge in [-0.1, -0.05) is 0 Å². The molecule has 0 aromatic heterocycles. The number of hydrogen-bond acceptors (Lipinski definition) is 7. The summed E-state index contributed by atoms with van der Waals surface area (Å²) in [6.07, 6.45) is 0.0778. The number of ether oxygens (including phenoxy) is 1. The molecule has 0 rings (SSSR count). The van der Waals surface area contributed by atoms with E-state index in [2.05, 4.69) is 14.9 Å². The fraction of sp³-hybridized carbons (Fsp3) is 0.750. The summed E-state index contributed by atoms with van der Waals surface area (Å²) in [5.74, 6) is -1.15. The molecular formula is C8H16N2O7. The van der Waals surface area contributed by atoms with E-state index in [-0.39, 0.29) is 13.2 Å². The molecule has 1 unspecified atom stereocenters. The van der Waals surface area contributed by atoms with Crippen molar-refractivity contribution in [1.29, 1.82) is 0 Å². The summed E-state index contributed by atoms with van der Waals surface area (Å²) in [7, 11) is 0. The Hall–Kier alpha value is -1.42. The lowest BCUT2D eigenvalue weighted by atomic mass is 10.3. The molecule has 0 aliphatic carbocycles. The van der Waals surface area contributed by atoms with Gasteiger partial charge in [-0.15, -0.1) is 0 Å². The third kappa shape index (κ3) is 9.51. The molecule has 0 aromatic carbocycles. The molecule has 0 fully saturated rings. The second-order valence-corrected chi connectivity index (χ2v) is 3.13. The van der Waals surface area contributed by atoms with E-state index in [0.717, 1.165) is 0 Å². The zero-order valence-corrected chi connectivity index (χ0v) is 9.33. The van der Waals surface area contributed by atoms with Crippen molar-refractivity contribution in [3.05, 3.63) is 0 Å². The Kier molecular flexibility index (Phi) is 7.97. The number of unbranched alkanes of at least 4 members (excludes halogenated alkanes) is 1. The summed E-state index contributed by atoms with van der Waals surface area (Å²) < 4.78 is 4.66. The van der Waals surface area contributed by atoms with E-state index < -0.39 is 23.5 Å². The molecule has 0 spiro atoms.